The van der Waals surface area contributed by atoms with Gasteiger partial charge in [0.2, 0.25) is 0 Å². The molecule has 5 heteroatoms. The minimum atomic E-state index is 0.526. The monoisotopic (exact) mass is 436 g/mol. The molecule has 0 aliphatic heterocycles. The average molecular weight is 438 g/mol. The Bertz CT molecular complexity index is 602. The number of aromatic nitrogens is 2. The number of rotatable bonds is 2. The fourth-order valence-corrected chi connectivity index (χ4v) is 2.67. The standard InChI is InChI=1S/C13H11BrClIN2/c1-3-10-11(16)12(15)18-13(17-10)8-4-5-9(14)7(2)6-8/h4-6H,3H2,1-2H3. The Labute approximate surface area is 133 Å². The first-order chi connectivity index (χ1) is 8.52. The minimum absolute atomic E-state index is 0.526. The van der Waals surface area contributed by atoms with E-state index in [1.807, 2.05) is 19.1 Å². The fourth-order valence-electron chi connectivity index (χ4n) is 1.61. The van der Waals surface area contributed by atoms with Crippen LogP contribution in [0, 0.1) is 10.5 Å². The number of halogens is 3. The van der Waals surface area contributed by atoms with Crippen molar-refractivity contribution >= 4 is 50.1 Å². The zero-order valence-electron chi connectivity index (χ0n) is 9.97. The Kier molecular flexibility index (Phi) is 4.61. The Morgan fingerprint density at radius 1 is 1.33 bits per heavy atom. The molecule has 0 aliphatic carbocycles. The quantitative estimate of drug-likeness (QED) is 0.486. The Balaban J connectivity index is 2.57. The van der Waals surface area contributed by atoms with Crippen LogP contribution in [0.1, 0.15) is 18.2 Å². The second-order valence-corrected chi connectivity index (χ2v) is 6.21. The molecule has 0 atom stereocenters. The predicted molar refractivity (Wildman–Crippen MR) is 87.0 cm³/mol. The van der Waals surface area contributed by atoms with Gasteiger partial charge in [0.15, 0.2) is 5.82 Å². The van der Waals surface area contributed by atoms with Gasteiger partial charge in [-0.25, -0.2) is 9.97 Å². The van der Waals surface area contributed by atoms with Crippen LogP contribution < -0.4 is 0 Å². The molecule has 2 rings (SSSR count). The number of benzene rings is 1. The second-order valence-electron chi connectivity index (χ2n) is 3.92. The lowest BCUT2D eigenvalue weighted by atomic mass is 10.1. The maximum Gasteiger partial charge on any atom is 0.161 e. The molecule has 2 aromatic rings. The summed E-state index contributed by atoms with van der Waals surface area (Å²) >= 11 is 11.8. The molecule has 0 saturated heterocycles. The fraction of sp³-hybridized carbons (Fsp3) is 0.231. The predicted octanol–water partition coefficient (Wildman–Crippen LogP) is 5.03. The van der Waals surface area contributed by atoms with E-state index >= 15 is 0 Å². The lowest BCUT2D eigenvalue weighted by Crippen LogP contribution is -1.99. The molecule has 1 aromatic carbocycles. The topological polar surface area (TPSA) is 25.8 Å². The minimum Gasteiger partial charge on any atom is -0.232 e. The molecule has 18 heavy (non-hydrogen) atoms. The van der Waals surface area contributed by atoms with E-state index in [1.54, 1.807) is 0 Å². The summed E-state index contributed by atoms with van der Waals surface area (Å²) in [6.07, 6.45) is 0.850. The van der Waals surface area contributed by atoms with E-state index in [9.17, 15) is 0 Å². The van der Waals surface area contributed by atoms with Gasteiger partial charge in [0, 0.05) is 10.0 Å². The van der Waals surface area contributed by atoms with E-state index in [2.05, 4.69) is 61.5 Å². The van der Waals surface area contributed by atoms with Crippen molar-refractivity contribution < 1.29 is 0 Å². The van der Waals surface area contributed by atoms with Gasteiger partial charge in [-0.3, -0.25) is 0 Å². The van der Waals surface area contributed by atoms with Gasteiger partial charge in [-0.1, -0.05) is 40.5 Å². The molecule has 0 aliphatic rings. The smallest absolute Gasteiger partial charge is 0.161 e. The normalized spacial score (nSPS) is 10.7. The zero-order valence-corrected chi connectivity index (χ0v) is 14.5. The summed E-state index contributed by atoms with van der Waals surface area (Å²) in [6.45, 7) is 4.11. The molecule has 0 radical (unpaired) electrons. The van der Waals surface area contributed by atoms with E-state index < -0.39 is 0 Å². The maximum atomic E-state index is 6.15. The first-order valence-electron chi connectivity index (χ1n) is 5.51. The van der Waals surface area contributed by atoms with Gasteiger partial charge in [0.05, 0.1) is 9.26 Å². The highest BCUT2D eigenvalue weighted by molar-refractivity contribution is 14.1. The van der Waals surface area contributed by atoms with Crippen molar-refractivity contribution in [2.45, 2.75) is 20.3 Å². The van der Waals surface area contributed by atoms with Gasteiger partial charge >= 0.3 is 0 Å². The van der Waals surface area contributed by atoms with Crippen LogP contribution in [0.5, 0.6) is 0 Å². The van der Waals surface area contributed by atoms with Crippen molar-refractivity contribution in [2.24, 2.45) is 0 Å². The highest BCUT2D eigenvalue weighted by Crippen LogP contribution is 2.26. The molecule has 0 bridgehead atoms. The van der Waals surface area contributed by atoms with Gasteiger partial charge in [-0.05, 0) is 53.6 Å². The average Bonchev–Trinajstić information content (AvgIpc) is 2.36. The van der Waals surface area contributed by atoms with Crippen molar-refractivity contribution in [3.8, 4) is 11.4 Å². The van der Waals surface area contributed by atoms with Crippen LogP contribution >= 0.6 is 50.1 Å². The van der Waals surface area contributed by atoms with Crippen molar-refractivity contribution in [3.63, 3.8) is 0 Å². The third-order valence-corrected chi connectivity index (χ3v) is 5.25. The molecule has 94 valence electrons. The molecule has 0 fully saturated rings. The van der Waals surface area contributed by atoms with Crippen molar-refractivity contribution in [3.05, 3.63) is 42.7 Å². The lowest BCUT2D eigenvalue weighted by Gasteiger charge is -2.08. The summed E-state index contributed by atoms with van der Waals surface area (Å²) in [6, 6.07) is 6.06. The summed E-state index contributed by atoms with van der Waals surface area (Å²) in [5.74, 6) is 0.688. The molecule has 0 saturated carbocycles. The Morgan fingerprint density at radius 3 is 2.67 bits per heavy atom. The first-order valence-corrected chi connectivity index (χ1v) is 7.76. The van der Waals surface area contributed by atoms with Gasteiger partial charge in [0.1, 0.15) is 5.15 Å². The van der Waals surface area contributed by atoms with E-state index in [-0.39, 0.29) is 0 Å². The van der Waals surface area contributed by atoms with Crippen LogP contribution in [0.15, 0.2) is 22.7 Å². The molecule has 2 nitrogen and oxygen atoms in total. The van der Waals surface area contributed by atoms with E-state index in [4.69, 9.17) is 11.6 Å². The Morgan fingerprint density at radius 2 is 2.06 bits per heavy atom. The number of aryl methyl sites for hydroxylation is 2. The summed E-state index contributed by atoms with van der Waals surface area (Å²) in [7, 11) is 0. The van der Waals surface area contributed by atoms with Crippen LogP contribution in [-0.4, -0.2) is 9.97 Å². The van der Waals surface area contributed by atoms with Crippen molar-refractivity contribution in [1.82, 2.24) is 9.97 Å². The number of hydrogen-bond donors (Lipinski definition) is 0. The van der Waals surface area contributed by atoms with E-state index in [1.165, 1.54) is 0 Å². The third kappa shape index (κ3) is 2.86. The molecule has 0 spiro atoms. The van der Waals surface area contributed by atoms with Crippen molar-refractivity contribution in [1.29, 1.82) is 0 Å². The molecule has 0 amide bonds. The Hall–Kier alpha value is -0.200. The molecule has 0 unspecified atom stereocenters. The van der Waals surface area contributed by atoms with Crippen molar-refractivity contribution in [2.75, 3.05) is 0 Å². The van der Waals surface area contributed by atoms with E-state index in [0.29, 0.717) is 11.0 Å². The molecule has 0 N–H and O–H groups in total. The van der Waals surface area contributed by atoms with E-state index in [0.717, 1.165) is 31.3 Å². The van der Waals surface area contributed by atoms with Gasteiger partial charge in [-0.2, -0.15) is 0 Å². The largest absolute Gasteiger partial charge is 0.232 e. The van der Waals surface area contributed by atoms with Gasteiger partial charge in [0.25, 0.3) is 0 Å². The molecule has 1 aromatic heterocycles. The molecular weight excluding hydrogens is 426 g/mol. The number of hydrogen-bond acceptors (Lipinski definition) is 2. The van der Waals surface area contributed by atoms with Crippen LogP contribution in [0.2, 0.25) is 5.15 Å². The highest BCUT2D eigenvalue weighted by Gasteiger charge is 2.11. The van der Waals surface area contributed by atoms with Crippen LogP contribution in [0.3, 0.4) is 0 Å². The van der Waals surface area contributed by atoms with Crippen LogP contribution in [0.4, 0.5) is 0 Å². The second kappa shape index (κ2) is 5.84. The third-order valence-electron chi connectivity index (χ3n) is 2.63. The summed E-state index contributed by atoms with van der Waals surface area (Å²) in [4.78, 5) is 8.93. The summed E-state index contributed by atoms with van der Waals surface area (Å²) in [5, 5.41) is 0.526. The maximum absolute atomic E-state index is 6.15. The summed E-state index contributed by atoms with van der Waals surface area (Å²) < 4.78 is 2.02. The summed E-state index contributed by atoms with van der Waals surface area (Å²) in [5.41, 5.74) is 3.14. The lowest BCUT2D eigenvalue weighted by molar-refractivity contribution is 0.989. The number of nitrogens with zero attached hydrogens (tertiary/aromatic N) is 2. The highest BCUT2D eigenvalue weighted by atomic mass is 127. The zero-order chi connectivity index (χ0) is 13.3. The SMILES string of the molecule is CCc1nc(-c2ccc(Br)c(C)c2)nc(Cl)c1I. The van der Waals surface area contributed by atoms with Crippen LogP contribution in [-0.2, 0) is 6.42 Å². The van der Waals surface area contributed by atoms with Gasteiger partial charge in [-0.15, -0.1) is 0 Å². The van der Waals surface area contributed by atoms with Crippen LogP contribution in [0.25, 0.3) is 11.4 Å². The first kappa shape index (κ1) is 14.2. The van der Waals surface area contributed by atoms with Gasteiger partial charge < -0.3 is 0 Å². The molecular formula is C13H11BrClIN2. The molecule has 1 heterocycles.